The fourth-order valence-corrected chi connectivity index (χ4v) is 6.16. The Bertz CT molecular complexity index is 957. The molecule has 0 radical (unpaired) electrons. The number of Topliss-reactive ketones (excluding diaryl/α,β-unsaturated/α-hetero) is 1. The van der Waals surface area contributed by atoms with Gasteiger partial charge in [-0.05, 0) is 18.8 Å². The molecule has 256 valence electrons. The lowest BCUT2D eigenvalue weighted by Crippen LogP contribution is -2.66. The number of carbonyl (C=O) groups excluding carboxylic acids is 1. The molecule has 4 aliphatic rings. The number of carbonyl (C=O) groups is 1. The molecule has 44 heavy (non-hydrogen) atoms. The van der Waals surface area contributed by atoms with Crippen LogP contribution in [0.15, 0.2) is 0 Å². The van der Waals surface area contributed by atoms with Crippen LogP contribution in [0.2, 0.25) is 0 Å². The van der Waals surface area contributed by atoms with Crippen LogP contribution in [0, 0.1) is 5.92 Å². The van der Waals surface area contributed by atoms with Crippen molar-refractivity contribution in [1.82, 2.24) is 5.32 Å². The SMILES string of the molecule is NC(CO)CNC[C@H]1O[C@H](O[C@H]2[C@H](O)[C@@H](O[C@H]3O[C@H](CO)[C@@H](O)[C@H](N)[C@H]3O)[C@H](CC(=O)C3(O)CC3N)C[C@@H]2N)[C@H](N)C[C@@H]1O. The topological polar surface area (TPSA) is 338 Å². The largest absolute Gasteiger partial charge is 0.395 e. The standard InChI is InChI=1S/C26H50N6O12/c27-10(7-33)5-32-6-14-13(35)3-12(29)24(41-14)44-23-11(28)1-9(2-17(36)26(40)4-16(26)30)22(21(23)39)43-25-20(38)18(31)19(37)15(8-34)42-25/h9-16,18-25,32-35,37-40H,1-8,27-31H2/t9-,10?,11-,12+,13-,14+,15+,16?,18-,19+,20+,21+,22-,23+,24+,25+,26?/m0/s1. The van der Waals surface area contributed by atoms with Crippen molar-refractivity contribution >= 4 is 5.78 Å². The molecule has 4 rings (SSSR count). The lowest BCUT2D eigenvalue weighted by molar-refractivity contribution is -0.320. The van der Waals surface area contributed by atoms with Crippen molar-refractivity contribution in [2.24, 2.45) is 34.6 Å². The van der Waals surface area contributed by atoms with E-state index in [1.165, 1.54) is 0 Å². The molecule has 0 aromatic heterocycles. The average Bonchev–Trinajstić information content (AvgIpc) is 3.61. The molecule has 0 spiro atoms. The summed E-state index contributed by atoms with van der Waals surface area (Å²) in [6.45, 7) is -0.439. The summed E-state index contributed by atoms with van der Waals surface area (Å²) in [7, 11) is 0. The van der Waals surface area contributed by atoms with Gasteiger partial charge in [-0.25, -0.2) is 0 Å². The van der Waals surface area contributed by atoms with Crippen LogP contribution < -0.4 is 34.0 Å². The van der Waals surface area contributed by atoms with Crippen LogP contribution in [0.1, 0.15) is 25.7 Å². The van der Waals surface area contributed by atoms with Crippen molar-refractivity contribution in [3.05, 3.63) is 0 Å². The van der Waals surface area contributed by atoms with Gasteiger partial charge >= 0.3 is 0 Å². The quantitative estimate of drug-likeness (QED) is 0.0890. The Balaban J connectivity index is 1.50. The second kappa shape index (κ2) is 14.8. The molecular formula is C26H50N6O12. The zero-order valence-electron chi connectivity index (χ0n) is 24.5. The number of ether oxygens (including phenoxy) is 4. The van der Waals surface area contributed by atoms with Gasteiger partial charge in [-0.2, -0.15) is 0 Å². The van der Waals surface area contributed by atoms with E-state index in [9.17, 15) is 35.4 Å². The number of hydrogen-bond acceptors (Lipinski definition) is 18. The number of aliphatic hydroxyl groups excluding tert-OH is 6. The fraction of sp³-hybridized carbons (Fsp3) is 0.962. The smallest absolute Gasteiger partial charge is 0.186 e. The van der Waals surface area contributed by atoms with Crippen LogP contribution >= 0.6 is 0 Å². The van der Waals surface area contributed by atoms with Crippen LogP contribution in [0.25, 0.3) is 0 Å². The summed E-state index contributed by atoms with van der Waals surface area (Å²) in [6, 6.07) is -4.17. The molecule has 0 amide bonds. The van der Waals surface area contributed by atoms with Crippen LogP contribution in [0.3, 0.4) is 0 Å². The number of rotatable bonds is 13. The first-order chi connectivity index (χ1) is 20.7. The summed E-state index contributed by atoms with van der Waals surface area (Å²) in [5, 5.41) is 75.3. The highest BCUT2D eigenvalue weighted by Gasteiger charge is 2.58. The highest BCUT2D eigenvalue weighted by atomic mass is 16.7. The molecule has 2 heterocycles. The minimum Gasteiger partial charge on any atom is -0.395 e. The molecule has 3 unspecified atom stereocenters. The average molecular weight is 639 g/mol. The van der Waals surface area contributed by atoms with Crippen molar-refractivity contribution in [1.29, 1.82) is 0 Å². The van der Waals surface area contributed by atoms with Crippen LogP contribution in [-0.4, -0.2) is 165 Å². The number of hydrogen-bond donors (Lipinski definition) is 13. The first kappa shape index (κ1) is 35.8. The summed E-state index contributed by atoms with van der Waals surface area (Å²) in [5.74, 6) is -1.36. The van der Waals surface area contributed by atoms with Crippen LogP contribution in [0.4, 0.5) is 0 Å². The highest BCUT2D eigenvalue weighted by molar-refractivity contribution is 5.91. The van der Waals surface area contributed by atoms with Gasteiger partial charge in [-0.1, -0.05) is 0 Å². The van der Waals surface area contributed by atoms with E-state index in [0.29, 0.717) is 0 Å². The molecule has 2 aliphatic heterocycles. The summed E-state index contributed by atoms with van der Waals surface area (Å²) < 4.78 is 23.6. The van der Waals surface area contributed by atoms with Gasteiger partial charge < -0.3 is 88.7 Å². The normalized spacial score (nSPS) is 48.6. The Morgan fingerprint density at radius 2 is 1.55 bits per heavy atom. The van der Waals surface area contributed by atoms with Crippen LogP contribution in [0.5, 0.6) is 0 Å². The molecule has 0 aromatic rings. The van der Waals surface area contributed by atoms with Gasteiger partial charge in [-0.3, -0.25) is 4.79 Å². The van der Waals surface area contributed by atoms with E-state index in [2.05, 4.69) is 5.32 Å². The zero-order valence-corrected chi connectivity index (χ0v) is 24.5. The van der Waals surface area contributed by atoms with E-state index in [0.717, 1.165) is 0 Å². The molecule has 0 bridgehead atoms. The van der Waals surface area contributed by atoms with Crippen molar-refractivity contribution in [2.45, 2.75) is 123 Å². The van der Waals surface area contributed by atoms with E-state index in [1.54, 1.807) is 0 Å². The van der Waals surface area contributed by atoms with Crippen molar-refractivity contribution in [3.63, 3.8) is 0 Å². The van der Waals surface area contributed by atoms with Crippen molar-refractivity contribution in [3.8, 4) is 0 Å². The monoisotopic (exact) mass is 638 g/mol. The summed E-state index contributed by atoms with van der Waals surface area (Å²) in [5.41, 5.74) is 28.4. The number of ketones is 1. The van der Waals surface area contributed by atoms with Crippen molar-refractivity contribution < 1.29 is 59.5 Å². The predicted octanol–water partition coefficient (Wildman–Crippen LogP) is -7.64. The Morgan fingerprint density at radius 3 is 2.16 bits per heavy atom. The van der Waals surface area contributed by atoms with E-state index in [-0.39, 0.29) is 45.4 Å². The maximum absolute atomic E-state index is 13.0. The lowest BCUT2D eigenvalue weighted by atomic mass is 9.76. The molecule has 18 nitrogen and oxygen atoms in total. The minimum atomic E-state index is -1.70. The molecule has 2 aliphatic carbocycles. The molecule has 17 atom stereocenters. The van der Waals surface area contributed by atoms with Gasteiger partial charge in [-0.15, -0.1) is 0 Å². The van der Waals surface area contributed by atoms with E-state index >= 15 is 0 Å². The number of aliphatic hydroxyl groups is 7. The Kier molecular flexibility index (Phi) is 12.1. The Labute approximate surface area is 254 Å². The van der Waals surface area contributed by atoms with E-state index < -0.39 is 116 Å². The van der Waals surface area contributed by atoms with Crippen LogP contribution in [-0.2, 0) is 23.7 Å². The van der Waals surface area contributed by atoms with Gasteiger partial charge in [0, 0.05) is 44.1 Å². The lowest BCUT2D eigenvalue weighted by Gasteiger charge is -2.48. The second-order valence-corrected chi connectivity index (χ2v) is 12.6. The highest BCUT2D eigenvalue weighted by Crippen LogP contribution is 2.41. The molecule has 0 aromatic carbocycles. The van der Waals surface area contributed by atoms with Gasteiger partial charge in [0.05, 0.1) is 43.6 Å². The molecule has 4 fully saturated rings. The third kappa shape index (κ3) is 7.75. The second-order valence-electron chi connectivity index (χ2n) is 12.6. The first-order valence-electron chi connectivity index (χ1n) is 15.0. The molecule has 2 saturated heterocycles. The number of nitrogens with two attached hydrogens (primary N) is 5. The molecular weight excluding hydrogens is 588 g/mol. The van der Waals surface area contributed by atoms with Gasteiger partial charge in [0.2, 0.25) is 0 Å². The summed E-state index contributed by atoms with van der Waals surface area (Å²) in [6.07, 6.45) is -12.5. The summed E-state index contributed by atoms with van der Waals surface area (Å²) >= 11 is 0. The summed E-state index contributed by atoms with van der Waals surface area (Å²) in [4.78, 5) is 13.0. The maximum atomic E-state index is 13.0. The minimum absolute atomic E-state index is 0.0546. The zero-order chi connectivity index (χ0) is 32.5. The fourth-order valence-electron chi connectivity index (χ4n) is 6.16. The van der Waals surface area contributed by atoms with E-state index in [4.69, 9.17) is 52.7 Å². The maximum Gasteiger partial charge on any atom is 0.186 e. The van der Waals surface area contributed by atoms with Crippen molar-refractivity contribution in [2.75, 3.05) is 26.3 Å². The Morgan fingerprint density at radius 1 is 0.909 bits per heavy atom. The third-order valence-electron chi connectivity index (χ3n) is 9.16. The van der Waals surface area contributed by atoms with Gasteiger partial charge in [0.25, 0.3) is 0 Å². The molecule has 18 heteroatoms. The van der Waals surface area contributed by atoms with E-state index in [1.807, 2.05) is 0 Å². The predicted molar refractivity (Wildman–Crippen MR) is 150 cm³/mol. The van der Waals surface area contributed by atoms with Gasteiger partial charge in [0.1, 0.15) is 36.1 Å². The van der Waals surface area contributed by atoms with Gasteiger partial charge in [0.15, 0.2) is 18.4 Å². The first-order valence-corrected chi connectivity index (χ1v) is 15.0. The molecule has 18 N–H and O–H groups in total. The Hall–Kier alpha value is -1.01. The molecule has 2 saturated carbocycles. The number of nitrogens with one attached hydrogen (secondary N) is 1. The third-order valence-corrected chi connectivity index (χ3v) is 9.16.